The quantitative estimate of drug-likeness (QED) is 0.0340. The summed E-state index contributed by atoms with van der Waals surface area (Å²) in [7, 11) is 0. The van der Waals surface area contributed by atoms with Gasteiger partial charge in [0.05, 0.1) is 72.6 Å². The molecule has 31 nitrogen and oxygen atoms in total. The van der Waals surface area contributed by atoms with Crippen LogP contribution in [0.5, 0.6) is 0 Å². The predicted molar refractivity (Wildman–Crippen MR) is 268 cm³/mol. The smallest absolute Gasteiger partial charge is 0.303 e. The fourth-order valence-electron chi connectivity index (χ4n) is 7.59. The molecule has 2 heterocycles. The maximum absolute atomic E-state index is 13.2. The van der Waals surface area contributed by atoms with Crippen molar-refractivity contribution in [1.82, 2.24) is 10.6 Å². The van der Waals surface area contributed by atoms with Crippen molar-refractivity contribution in [3.8, 4) is 0 Å². The molecule has 0 aliphatic carbocycles. The van der Waals surface area contributed by atoms with Gasteiger partial charge in [0.1, 0.15) is 25.4 Å². The first-order valence-electron chi connectivity index (χ1n) is 25.4. The van der Waals surface area contributed by atoms with Crippen LogP contribution in [0.4, 0.5) is 5.69 Å². The minimum atomic E-state index is -1.40. The minimum Gasteiger partial charge on any atom is -0.463 e. The second kappa shape index (κ2) is 36.4. The van der Waals surface area contributed by atoms with Gasteiger partial charge < -0.3 is 97.5 Å². The van der Waals surface area contributed by atoms with Gasteiger partial charge in [-0.2, -0.15) is 0 Å². The van der Waals surface area contributed by atoms with Crippen molar-refractivity contribution < 1.29 is 129 Å². The van der Waals surface area contributed by atoms with E-state index >= 15 is 0 Å². The van der Waals surface area contributed by atoms with E-state index in [9.17, 15) is 52.7 Å². The Hall–Kier alpha value is -6.97. The van der Waals surface area contributed by atoms with Gasteiger partial charge in [-0.05, 0) is 18.2 Å². The summed E-state index contributed by atoms with van der Waals surface area (Å²) in [6.45, 7) is 7.77. The monoisotopic (exact) mass is 1160 g/mol. The van der Waals surface area contributed by atoms with Crippen LogP contribution in [-0.4, -0.2) is 226 Å². The van der Waals surface area contributed by atoms with Crippen molar-refractivity contribution in [3.05, 3.63) is 29.3 Å². The molecule has 5 N–H and O–H groups in total. The Morgan fingerprint density at radius 1 is 0.420 bits per heavy atom. The van der Waals surface area contributed by atoms with Gasteiger partial charge in [0.2, 0.25) is 5.91 Å². The van der Waals surface area contributed by atoms with Gasteiger partial charge in [-0.3, -0.25) is 52.7 Å². The number of carbonyl (C=O) groups is 11. The third kappa shape index (κ3) is 26.0. The summed E-state index contributed by atoms with van der Waals surface area (Å²) >= 11 is 0. The van der Waals surface area contributed by atoms with Crippen molar-refractivity contribution >= 4 is 71.2 Å². The molecule has 31 heteroatoms. The van der Waals surface area contributed by atoms with Crippen LogP contribution >= 0.6 is 0 Å². The van der Waals surface area contributed by atoms with Crippen LogP contribution in [-0.2, 0) is 119 Å². The van der Waals surface area contributed by atoms with Crippen molar-refractivity contribution in [2.45, 2.75) is 117 Å². The third-order valence-electron chi connectivity index (χ3n) is 10.7. The number of hydrogen-bond acceptors (Lipinski definition) is 28. The Morgan fingerprint density at radius 3 is 1.07 bits per heavy atom. The average molecular weight is 1160 g/mol. The van der Waals surface area contributed by atoms with Gasteiger partial charge in [0, 0.05) is 85.3 Å². The van der Waals surface area contributed by atoms with Crippen molar-refractivity contribution in [2.24, 2.45) is 5.73 Å². The lowest BCUT2D eigenvalue weighted by Crippen LogP contribution is -2.63. The first kappa shape index (κ1) is 68.3. The number of hydrogen-bond donors (Lipinski definition) is 4. The van der Waals surface area contributed by atoms with Gasteiger partial charge >= 0.3 is 47.8 Å². The van der Waals surface area contributed by atoms with Gasteiger partial charge in [0.25, 0.3) is 11.8 Å². The summed E-state index contributed by atoms with van der Waals surface area (Å²) in [4.78, 5) is 134. The molecule has 1 aromatic rings. The normalized spacial score (nSPS) is 22.1. The zero-order chi connectivity index (χ0) is 60.0. The molecule has 2 saturated heterocycles. The first-order valence-corrected chi connectivity index (χ1v) is 25.4. The fourth-order valence-corrected chi connectivity index (χ4v) is 7.59. The SMILES string of the molecule is CC(=O)OC[C@H]1O[C@H](OCCOCCOCCNC(=O)c2cc(NC(=O)CN)cc(C(=O)NCCOCCOCCO[C@H]3O[C@H](COC(C)=O)[C@@H](OC(C)=O)[C@H](OC(C)=O)[C@@H]3OC(C)=O)c2)[C@@H](OC(C)=O)[C@@H](OC(C)=O)[C@@H]1OC(C)=O. The Morgan fingerprint density at radius 2 is 0.741 bits per heavy atom. The molecule has 0 bridgehead atoms. The molecule has 2 fully saturated rings. The number of carbonyl (C=O) groups excluding carboxylic acids is 11. The largest absolute Gasteiger partial charge is 0.463 e. The molecule has 0 unspecified atom stereocenters. The number of ether oxygens (including phenoxy) is 16. The third-order valence-corrected chi connectivity index (χ3v) is 10.7. The van der Waals surface area contributed by atoms with Gasteiger partial charge in [0.15, 0.2) is 49.2 Å². The van der Waals surface area contributed by atoms with E-state index in [0.29, 0.717) is 0 Å². The van der Waals surface area contributed by atoms with Gasteiger partial charge in [-0.15, -0.1) is 0 Å². The molecular weight excluding hydrogens is 1090 g/mol. The lowest BCUT2D eigenvalue weighted by molar-refractivity contribution is -0.309. The standard InChI is InChI=1S/C50H72N4O27/c1-27(55)72-25-38-41(74-29(3)57)43(76-31(5)59)45(78-33(7)61)49(80-38)70-19-17-68-15-13-66-11-9-52-47(64)35-21-36(23-37(22-35)54-40(63)24-51)48(65)53-10-12-67-14-16-69-18-20-71-50-46(79-34(8)62)44(77-32(6)60)42(75-30(4)58)39(81-50)26-73-28(2)56/h21-23,38-39,41-46,49-50H,9-20,24-26,51H2,1-8H3,(H,52,64)(H,53,65)(H,54,63)/t38-,39-,41-,42-,43+,44+,45+,46+,49+,50+/m1/s1. The van der Waals surface area contributed by atoms with Gasteiger partial charge in [-0.1, -0.05) is 0 Å². The summed E-state index contributed by atoms with van der Waals surface area (Å²) in [6, 6.07) is 4.03. The Balaban J connectivity index is 1.43. The fraction of sp³-hybridized carbons (Fsp3) is 0.660. The van der Waals surface area contributed by atoms with E-state index < -0.39 is 140 Å². The number of nitrogens with one attached hydrogen (secondary N) is 3. The number of benzene rings is 1. The summed E-state index contributed by atoms with van der Waals surface area (Å²) in [6.07, 6.45) is -13.4. The summed E-state index contributed by atoms with van der Waals surface area (Å²) < 4.78 is 87.8. The zero-order valence-corrected chi connectivity index (χ0v) is 46.2. The molecule has 0 radical (unpaired) electrons. The molecule has 3 amide bonds. The molecule has 2 aliphatic rings. The van der Waals surface area contributed by atoms with Crippen LogP contribution in [0.25, 0.3) is 0 Å². The van der Waals surface area contributed by atoms with Gasteiger partial charge in [-0.25, -0.2) is 0 Å². The molecule has 0 spiro atoms. The molecule has 2 aliphatic heterocycles. The Labute approximate surface area is 465 Å². The summed E-state index contributed by atoms with van der Waals surface area (Å²) in [5.74, 6) is -7.85. The van der Waals surface area contributed by atoms with Crippen molar-refractivity contribution in [2.75, 3.05) is 104 Å². The molecule has 0 aromatic heterocycles. The van der Waals surface area contributed by atoms with Crippen LogP contribution in [0.2, 0.25) is 0 Å². The molecule has 81 heavy (non-hydrogen) atoms. The zero-order valence-electron chi connectivity index (χ0n) is 46.2. The number of anilines is 1. The lowest BCUT2D eigenvalue weighted by atomic mass is 9.98. The highest BCUT2D eigenvalue weighted by atomic mass is 16.8. The van der Waals surface area contributed by atoms with Crippen molar-refractivity contribution in [1.29, 1.82) is 0 Å². The second-order valence-corrected chi connectivity index (χ2v) is 17.4. The maximum atomic E-state index is 13.2. The van der Waals surface area contributed by atoms with E-state index in [2.05, 4.69) is 16.0 Å². The Kier molecular flexibility index (Phi) is 30.7. The summed E-state index contributed by atoms with van der Waals surface area (Å²) in [5, 5.41) is 7.86. The lowest BCUT2D eigenvalue weighted by Gasteiger charge is -2.44. The van der Waals surface area contributed by atoms with Crippen LogP contribution < -0.4 is 21.7 Å². The number of amides is 3. The topological polar surface area (TPSA) is 398 Å². The highest BCUT2D eigenvalue weighted by Crippen LogP contribution is 2.31. The van der Waals surface area contributed by atoms with Crippen LogP contribution in [0.3, 0.4) is 0 Å². The molecule has 454 valence electrons. The molecule has 1 aromatic carbocycles. The number of nitrogens with two attached hydrogens (primary N) is 1. The Bertz CT molecular complexity index is 2140. The molecular formula is C50H72N4O27. The number of esters is 8. The van der Waals surface area contributed by atoms with E-state index in [4.69, 9.17) is 81.5 Å². The van der Waals surface area contributed by atoms with Crippen molar-refractivity contribution in [3.63, 3.8) is 0 Å². The predicted octanol–water partition coefficient (Wildman–Crippen LogP) is -1.69. The number of rotatable bonds is 34. The van der Waals surface area contributed by atoms with Crippen LogP contribution in [0.15, 0.2) is 18.2 Å². The van der Waals surface area contributed by atoms with Crippen LogP contribution in [0, 0.1) is 0 Å². The van der Waals surface area contributed by atoms with E-state index in [1.54, 1.807) is 0 Å². The van der Waals surface area contributed by atoms with E-state index in [1.165, 1.54) is 18.2 Å². The average Bonchev–Trinajstić information content (AvgIpc) is 3.39. The minimum absolute atomic E-state index is 0.0292. The van der Waals surface area contributed by atoms with Crippen LogP contribution in [0.1, 0.15) is 76.1 Å². The maximum Gasteiger partial charge on any atom is 0.303 e. The first-order chi connectivity index (χ1) is 38.5. The highest BCUT2D eigenvalue weighted by molar-refractivity contribution is 6.03. The summed E-state index contributed by atoms with van der Waals surface area (Å²) in [5.41, 5.74) is 5.64. The second-order valence-electron chi connectivity index (χ2n) is 17.4. The highest BCUT2D eigenvalue weighted by Gasteiger charge is 2.54. The van der Waals surface area contributed by atoms with E-state index in [-0.39, 0.29) is 103 Å². The van der Waals surface area contributed by atoms with E-state index in [0.717, 1.165) is 55.4 Å². The van der Waals surface area contributed by atoms with E-state index in [1.807, 2.05) is 0 Å². The molecule has 10 atom stereocenters. The molecule has 3 rings (SSSR count). The molecule has 0 saturated carbocycles.